The van der Waals surface area contributed by atoms with Gasteiger partial charge in [0, 0.05) is 18.7 Å². The van der Waals surface area contributed by atoms with Crippen LogP contribution in [0.5, 0.6) is 0 Å². The predicted octanol–water partition coefficient (Wildman–Crippen LogP) is 6.36. The van der Waals surface area contributed by atoms with E-state index in [1.807, 2.05) is 32.0 Å². The summed E-state index contributed by atoms with van der Waals surface area (Å²) in [6.45, 7) is 14.4. The maximum Gasteiger partial charge on any atom is 0.408 e. The first-order chi connectivity index (χ1) is 18.5. The highest BCUT2D eigenvalue weighted by molar-refractivity contribution is 5.92. The van der Waals surface area contributed by atoms with Crippen LogP contribution in [0.3, 0.4) is 0 Å². The summed E-state index contributed by atoms with van der Waals surface area (Å²) in [5, 5.41) is 5.86. The summed E-state index contributed by atoms with van der Waals surface area (Å²) in [5.74, 6) is 1.93. The Balaban J connectivity index is 3.55. The zero-order valence-electron chi connectivity index (χ0n) is 25.3. The fourth-order valence-corrected chi connectivity index (χ4v) is 4.37. The van der Waals surface area contributed by atoms with E-state index in [2.05, 4.69) is 30.4 Å². The fraction of sp³-hybridized carbons (Fsp3) is 0.656. The average molecular weight is 542 g/mol. The number of hydrogen-bond donors (Lipinski definition) is 2. The molecule has 7 heteroatoms. The fourth-order valence-electron chi connectivity index (χ4n) is 4.37. The molecule has 3 amide bonds. The Hall–Kier alpha value is -3.01. The van der Waals surface area contributed by atoms with Gasteiger partial charge in [-0.15, -0.1) is 6.42 Å². The average Bonchev–Trinajstić information content (AvgIpc) is 2.89. The van der Waals surface area contributed by atoms with E-state index in [4.69, 9.17) is 11.2 Å². The van der Waals surface area contributed by atoms with Gasteiger partial charge in [-0.1, -0.05) is 90.3 Å². The number of nitrogens with one attached hydrogen (secondary N) is 2. The molecule has 39 heavy (non-hydrogen) atoms. The zero-order chi connectivity index (χ0) is 29.4. The molecule has 0 saturated heterocycles. The molecule has 2 N–H and O–H groups in total. The van der Waals surface area contributed by atoms with E-state index >= 15 is 0 Å². The van der Waals surface area contributed by atoms with Gasteiger partial charge < -0.3 is 20.3 Å². The van der Waals surface area contributed by atoms with E-state index < -0.39 is 23.8 Å². The van der Waals surface area contributed by atoms with Crippen LogP contribution < -0.4 is 10.6 Å². The van der Waals surface area contributed by atoms with Crippen molar-refractivity contribution in [2.24, 2.45) is 5.92 Å². The molecule has 0 radical (unpaired) electrons. The van der Waals surface area contributed by atoms with Gasteiger partial charge >= 0.3 is 6.09 Å². The number of nitrogens with zero attached hydrogens (tertiary/aromatic N) is 1. The van der Waals surface area contributed by atoms with Gasteiger partial charge in [-0.3, -0.25) is 9.59 Å². The molecule has 3 atom stereocenters. The van der Waals surface area contributed by atoms with Crippen molar-refractivity contribution in [1.82, 2.24) is 15.5 Å². The summed E-state index contributed by atoms with van der Waals surface area (Å²) in [6.07, 6.45) is 12.5. The first-order valence-electron chi connectivity index (χ1n) is 14.6. The number of amides is 3. The zero-order valence-corrected chi connectivity index (χ0v) is 25.3. The van der Waals surface area contributed by atoms with Crippen molar-refractivity contribution in [2.75, 3.05) is 13.1 Å². The standard InChI is InChI=1S/C32H51N3O4/c1-9-13-15-19-23-35(30(37)27(24(5)11-3)34-31(38)39-32(6,7)8)28(29(36)33-22-18-14-10-2)26-21-17-16-20-25(26)12-4/h4,16-17,20-21,24,27-28H,9-11,13-15,18-19,22-23H2,1-3,5-8H3,(H,33,36)(H,34,38). The van der Waals surface area contributed by atoms with Crippen LogP contribution in [0.15, 0.2) is 24.3 Å². The summed E-state index contributed by atoms with van der Waals surface area (Å²) in [6, 6.07) is 5.49. The molecule has 0 saturated carbocycles. The third-order valence-electron chi connectivity index (χ3n) is 6.74. The minimum Gasteiger partial charge on any atom is -0.444 e. The van der Waals surface area contributed by atoms with Crippen LogP contribution in [0.4, 0.5) is 4.79 Å². The topological polar surface area (TPSA) is 87.7 Å². The molecule has 1 rings (SSSR count). The minimum atomic E-state index is -0.917. The van der Waals surface area contributed by atoms with Gasteiger partial charge in [0.05, 0.1) is 0 Å². The normalized spacial score (nSPS) is 13.5. The predicted molar refractivity (Wildman–Crippen MR) is 158 cm³/mol. The van der Waals surface area contributed by atoms with Gasteiger partial charge in [0.2, 0.25) is 11.8 Å². The van der Waals surface area contributed by atoms with Crippen LogP contribution in [0.1, 0.15) is 117 Å². The van der Waals surface area contributed by atoms with Crippen molar-refractivity contribution in [3.05, 3.63) is 35.4 Å². The largest absolute Gasteiger partial charge is 0.444 e. The van der Waals surface area contributed by atoms with E-state index in [-0.39, 0.29) is 17.7 Å². The summed E-state index contributed by atoms with van der Waals surface area (Å²) in [4.78, 5) is 42.5. The quantitative estimate of drug-likeness (QED) is 0.188. The molecule has 0 fully saturated rings. The lowest BCUT2D eigenvalue weighted by Gasteiger charge is -2.36. The summed E-state index contributed by atoms with van der Waals surface area (Å²) in [7, 11) is 0. The Bertz CT molecular complexity index is 947. The van der Waals surface area contributed by atoms with E-state index in [0.29, 0.717) is 30.6 Å². The molecule has 7 nitrogen and oxygen atoms in total. The van der Waals surface area contributed by atoms with Crippen LogP contribution in [0.2, 0.25) is 0 Å². The number of ether oxygens (including phenoxy) is 1. The first kappa shape index (κ1) is 34.0. The van der Waals surface area contributed by atoms with Crippen LogP contribution in [0.25, 0.3) is 0 Å². The smallest absolute Gasteiger partial charge is 0.408 e. The van der Waals surface area contributed by atoms with Crippen LogP contribution in [0, 0.1) is 18.3 Å². The van der Waals surface area contributed by atoms with Gasteiger partial charge in [0.15, 0.2) is 0 Å². The van der Waals surface area contributed by atoms with E-state index in [0.717, 1.165) is 44.9 Å². The van der Waals surface area contributed by atoms with Gasteiger partial charge in [-0.05, 0) is 51.2 Å². The Morgan fingerprint density at radius 3 is 2.23 bits per heavy atom. The molecule has 0 aliphatic carbocycles. The lowest BCUT2D eigenvalue weighted by molar-refractivity contribution is -0.143. The molecule has 218 valence electrons. The number of unbranched alkanes of at least 4 members (excludes halogenated alkanes) is 5. The Morgan fingerprint density at radius 2 is 1.64 bits per heavy atom. The number of hydrogen-bond acceptors (Lipinski definition) is 4. The van der Waals surface area contributed by atoms with Crippen molar-refractivity contribution in [3.63, 3.8) is 0 Å². The van der Waals surface area contributed by atoms with E-state index in [9.17, 15) is 14.4 Å². The third kappa shape index (κ3) is 11.7. The van der Waals surface area contributed by atoms with Gasteiger partial charge in [-0.2, -0.15) is 0 Å². The van der Waals surface area contributed by atoms with E-state index in [1.165, 1.54) is 0 Å². The molecule has 0 aliphatic heterocycles. The monoisotopic (exact) mass is 541 g/mol. The number of carbonyl (C=O) groups excluding carboxylic acids is 3. The Labute approximate surface area is 236 Å². The molecule has 1 aromatic rings. The second-order valence-electron chi connectivity index (χ2n) is 11.2. The number of terminal acetylenes is 1. The minimum absolute atomic E-state index is 0.181. The number of carbonyl (C=O) groups is 3. The molecule has 0 bridgehead atoms. The molecule has 0 aliphatic rings. The van der Waals surface area contributed by atoms with E-state index in [1.54, 1.807) is 31.7 Å². The highest BCUT2D eigenvalue weighted by atomic mass is 16.6. The third-order valence-corrected chi connectivity index (χ3v) is 6.74. The molecule has 0 aromatic heterocycles. The maximum absolute atomic E-state index is 14.3. The molecule has 0 heterocycles. The number of rotatable bonds is 16. The number of benzene rings is 1. The lowest BCUT2D eigenvalue weighted by Crippen LogP contribution is -2.55. The van der Waals surface area contributed by atoms with Crippen molar-refractivity contribution in [1.29, 1.82) is 0 Å². The molecular weight excluding hydrogens is 490 g/mol. The van der Waals surface area contributed by atoms with Crippen molar-refractivity contribution >= 4 is 17.9 Å². The summed E-state index contributed by atoms with van der Waals surface area (Å²) in [5.41, 5.74) is 0.467. The summed E-state index contributed by atoms with van der Waals surface area (Å²) < 4.78 is 5.48. The SMILES string of the molecule is C#Cc1ccccc1C(C(=O)NCCCCC)N(CCCCCC)C(=O)C(NC(=O)OC(C)(C)C)C(C)CC. The highest BCUT2D eigenvalue weighted by Gasteiger charge is 2.38. The number of alkyl carbamates (subject to hydrolysis) is 1. The van der Waals surface area contributed by atoms with Crippen molar-refractivity contribution in [3.8, 4) is 12.3 Å². The van der Waals surface area contributed by atoms with Gasteiger partial charge in [0.1, 0.15) is 17.7 Å². The first-order valence-corrected chi connectivity index (χ1v) is 14.6. The second-order valence-corrected chi connectivity index (χ2v) is 11.2. The molecule has 1 aromatic carbocycles. The van der Waals surface area contributed by atoms with Crippen LogP contribution >= 0.6 is 0 Å². The van der Waals surface area contributed by atoms with Gasteiger partial charge in [0.25, 0.3) is 0 Å². The molecular formula is C32H51N3O4. The van der Waals surface area contributed by atoms with Crippen molar-refractivity contribution < 1.29 is 19.1 Å². The van der Waals surface area contributed by atoms with Gasteiger partial charge in [-0.25, -0.2) is 4.79 Å². The lowest BCUT2D eigenvalue weighted by atomic mass is 9.94. The van der Waals surface area contributed by atoms with Crippen molar-refractivity contribution in [2.45, 2.75) is 118 Å². The maximum atomic E-state index is 14.3. The summed E-state index contributed by atoms with van der Waals surface area (Å²) >= 11 is 0. The Morgan fingerprint density at radius 1 is 1.00 bits per heavy atom. The highest BCUT2D eigenvalue weighted by Crippen LogP contribution is 2.28. The van der Waals surface area contributed by atoms with Crippen LogP contribution in [-0.4, -0.2) is 47.5 Å². The second kappa shape index (κ2) is 17.6. The molecule has 3 unspecified atom stereocenters. The Kier molecular flexibility index (Phi) is 15.3. The van der Waals surface area contributed by atoms with Crippen LogP contribution in [-0.2, 0) is 14.3 Å². The molecule has 0 spiro atoms.